The van der Waals surface area contributed by atoms with Crippen LogP contribution in [0.2, 0.25) is 5.02 Å². The van der Waals surface area contributed by atoms with Gasteiger partial charge in [-0.25, -0.2) is 4.79 Å². The van der Waals surface area contributed by atoms with Crippen molar-refractivity contribution in [2.24, 2.45) is 0 Å². The lowest BCUT2D eigenvalue weighted by Gasteiger charge is -2.18. The number of nitrogens with zero attached hydrogens (tertiary/aromatic N) is 4. The highest BCUT2D eigenvalue weighted by molar-refractivity contribution is 8.00. The molecule has 3 aromatic rings. The Bertz CT molecular complexity index is 1220. The molecule has 1 aromatic heterocycles. The number of hydrogen-bond donors (Lipinski definition) is 1. The number of carbonyl (C=O) groups is 2. The molecule has 7 nitrogen and oxygen atoms in total. The molecular formula is C21H17ClF3N5O2S. The number of halogens is 4. The molecule has 2 heterocycles. The summed E-state index contributed by atoms with van der Waals surface area (Å²) in [4.78, 5) is 25.7. The van der Waals surface area contributed by atoms with E-state index in [1.807, 2.05) is 0 Å². The minimum atomic E-state index is -4.55. The molecule has 1 atom stereocenters. The standard InChI is InChI=1S/C21H17ClF3N5O2S/c1-12(18(31)29-10-9-26-19(29)32)33-20-28-27-17(15-7-2-3-8-16(15)22)30(20)14-6-4-5-13(11-14)21(23,24)25/h2-8,11-12H,9-10H2,1H3,(H,26,32). The van der Waals surface area contributed by atoms with E-state index in [2.05, 4.69) is 15.5 Å². The van der Waals surface area contributed by atoms with Crippen molar-refractivity contribution in [1.82, 2.24) is 25.0 Å². The SMILES string of the molecule is CC(Sc1nnc(-c2ccccc2Cl)n1-c1cccc(C(F)(F)F)c1)C(=O)N1CCNC1=O. The van der Waals surface area contributed by atoms with Crippen LogP contribution in [0.1, 0.15) is 12.5 Å². The summed E-state index contributed by atoms with van der Waals surface area (Å²) in [6, 6.07) is 11.0. The van der Waals surface area contributed by atoms with E-state index in [0.717, 1.165) is 28.8 Å². The quantitative estimate of drug-likeness (QED) is 0.522. The Kier molecular flexibility index (Phi) is 6.35. The Morgan fingerprint density at radius 1 is 1.18 bits per heavy atom. The molecule has 4 rings (SSSR count). The highest BCUT2D eigenvalue weighted by atomic mass is 35.5. The van der Waals surface area contributed by atoms with Crippen LogP contribution in [-0.2, 0) is 11.0 Å². The van der Waals surface area contributed by atoms with Gasteiger partial charge < -0.3 is 5.32 Å². The van der Waals surface area contributed by atoms with Crippen molar-refractivity contribution in [3.05, 3.63) is 59.1 Å². The first-order chi connectivity index (χ1) is 15.7. The smallest absolute Gasteiger partial charge is 0.336 e. The summed E-state index contributed by atoms with van der Waals surface area (Å²) in [6.45, 7) is 2.20. The number of hydrogen-bond acceptors (Lipinski definition) is 5. The van der Waals surface area contributed by atoms with Crippen molar-refractivity contribution in [3.63, 3.8) is 0 Å². The maximum absolute atomic E-state index is 13.4. The van der Waals surface area contributed by atoms with Crippen molar-refractivity contribution < 1.29 is 22.8 Å². The predicted molar refractivity (Wildman–Crippen MR) is 117 cm³/mol. The van der Waals surface area contributed by atoms with Gasteiger partial charge in [-0.2, -0.15) is 13.2 Å². The Hall–Kier alpha value is -3.05. The molecule has 1 aliphatic rings. The maximum atomic E-state index is 13.4. The van der Waals surface area contributed by atoms with Gasteiger partial charge in [-0.1, -0.05) is 41.6 Å². The van der Waals surface area contributed by atoms with Crippen LogP contribution in [-0.4, -0.2) is 49.9 Å². The molecule has 2 aromatic carbocycles. The molecule has 1 N–H and O–H groups in total. The van der Waals surface area contributed by atoms with Crippen LogP contribution >= 0.6 is 23.4 Å². The van der Waals surface area contributed by atoms with Gasteiger partial charge in [0.05, 0.1) is 21.5 Å². The number of rotatable bonds is 5. The van der Waals surface area contributed by atoms with Gasteiger partial charge >= 0.3 is 12.2 Å². The van der Waals surface area contributed by atoms with E-state index in [4.69, 9.17) is 11.6 Å². The fourth-order valence-electron chi connectivity index (χ4n) is 3.33. The fraction of sp³-hybridized carbons (Fsp3) is 0.238. The van der Waals surface area contributed by atoms with Crippen molar-refractivity contribution in [2.45, 2.75) is 23.5 Å². The van der Waals surface area contributed by atoms with Gasteiger partial charge in [0.2, 0.25) is 5.91 Å². The molecular weight excluding hydrogens is 479 g/mol. The van der Waals surface area contributed by atoms with Gasteiger partial charge in [0.15, 0.2) is 11.0 Å². The molecule has 1 unspecified atom stereocenters. The van der Waals surface area contributed by atoms with Gasteiger partial charge in [0.25, 0.3) is 0 Å². The lowest BCUT2D eigenvalue weighted by Crippen LogP contribution is -2.39. The number of alkyl halides is 3. The summed E-state index contributed by atoms with van der Waals surface area (Å²) in [5.41, 5.74) is -0.216. The van der Waals surface area contributed by atoms with Gasteiger partial charge in [-0.3, -0.25) is 14.3 Å². The number of carbonyl (C=O) groups excluding carboxylic acids is 2. The summed E-state index contributed by atoms with van der Waals surface area (Å²) in [7, 11) is 0. The van der Waals surface area contributed by atoms with E-state index < -0.39 is 28.9 Å². The Balaban J connectivity index is 1.78. The molecule has 172 valence electrons. The summed E-state index contributed by atoms with van der Waals surface area (Å²) in [6.07, 6.45) is -4.55. The van der Waals surface area contributed by atoms with E-state index in [9.17, 15) is 22.8 Å². The second-order valence-electron chi connectivity index (χ2n) is 7.15. The van der Waals surface area contributed by atoms with Crippen LogP contribution in [0, 0.1) is 0 Å². The van der Waals surface area contributed by atoms with Crippen LogP contribution in [0.3, 0.4) is 0 Å². The van der Waals surface area contributed by atoms with Crippen LogP contribution < -0.4 is 5.32 Å². The zero-order valence-corrected chi connectivity index (χ0v) is 18.7. The number of thioether (sulfide) groups is 1. The van der Waals surface area contributed by atoms with Gasteiger partial charge in [-0.15, -0.1) is 10.2 Å². The fourth-order valence-corrected chi connectivity index (χ4v) is 4.48. The molecule has 0 aliphatic carbocycles. The van der Waals surface area contributed by atoms with E-state index in [-0.39, 0.29) is 23.2 Å². The maximum Gasteiger partial charge on any atom is 0.416 e. The predicted octanol–water partition coefficient (Wildman–Crippen LogP) is 4.64. The second-order valence-corrected chi connectivity index (χ2v) is 8.87. The number of imide groups is 1. The zero-order chi connectivity index (χ0) is 23.8. The van der Waals surface area contributed by atoms with E-state index in [0.29, 0.717) is 17.1 Å². The topological polar surface area (TPSA) is 80.1 Å². The third-order valence-corrected chi connectivity index (χ3v) is 6.29. The normalized spacial score (nSPS) is 14.9. The van der Waals surface area contributed by atoms with Gasteiger partial charge in [0.1, 0.15) is 0 Å². The van der Waals surface area contributed by atoms with Crippen LogP contribution in [0.4, 0.5) is 18.0 Å². The highest BCUT2D eigenvalue weighted by Gasteiger charge is 2.33. The Labute approximate surface area is 195 Å². The lowest BCUT2D eigenvalue weighted by molar-refractivity contribution is -0.137. The lowest BCUT2D eigenvalue weighted by atomic mass is 10.1. The van der Waals surface area contributed by atoms with Crippen molar-refractivity contribution in [3.8, 4) is 17.1 Å². The summed E-state index contributed by atoms with van der Waals surface area (Å²) < 4.78 is 41.5. The van der Waals surface area contributed by atoms with Gasteiger partial charge in [0, 0.05) is 18.7 Å². The molecule has 33 heavy (non-hydrogen) atoms. The van der Waals surface area contributed by atoms with E-state index in [1.54, 1.807) is 31.2 Å². The Morgan fingerprint density at radius 2 is 1.94 bits per heavy atom. The monoisotopic (exact) mass is 495 g/mol. The molecule has 0 bridgehead atoms. The zero-order valence-electron chi connectivity index (χ0n) is 17.1. The van der Waals surface area contributed by atoms with E-state index in [1.165, 1.54) is 16.7 Å². The number of urea groups is 1. The number of aromatic nitrogens is 3. The van der Waals surface area contributed by atoms with Crippen LogP contribution in [0.25, 0.3) is 17.1 Å². The Morgan fingerprint density at radius 3 is 2.61 bits per heavy atom. The number of nitrogens with one attached hydrogen (secondary N) is 1. The second kappa shape index (κ2) is 9.06. The van der Waals surface area contributed by atoms with Crippen LogP contribution in [0.15, 0.2) is 53.7 Å². The average Bonchev–Trinajstić information content (AvgIpc) is 3.39. The molecule has 0 radical (unpaired) electrons. The number of benzene rings is 2. The van der Waals surface area contributed by atoms with Crippen LogP contribution in [0.5, 0.6) is 0 Å². The third kappa shape index (κ3) is 4.69. The highest BCUT2D eigenvalue weighted by Crippen LogP contribution is 2.36. The molecule has 0 saturated carbocycles. The molecule has 0 spiro atoms. The molecule has 1 fully saturated rings. The molecule has 1 saturated heterocycles. The third-order valence-electron chi connectivity index (χ3n) is 4.93. The largest absolute Gasteiger partial charge is 0.416 e. The minimum Gasteiger partial charge on any atom is -0.336 e. The summed E-state index contributed by atoms with van der Waals surface area (Å²) >= 11 is 7.31. The first kappa shape index (κ1) is 23.1. The molecule has 3 amide bonds. The van der Waals surface area contributed by atoms with E-state index >= 15 is 0 Å². The summed E-state index contributed by atoms with van der Waals surface area (Å²) in [5, 5.41) is 10.6. The summed E-state index contributed by atoms with van der Waals surface area (Å²) in [5.74, 6) is -0.214. The van der Waals surface area contributed by atoms with Crippen molar-refractivity contribution in [1.29, 1.82) is 0 Å². The van der Waals surface area contributed by atoms with Crippen molar-refractivity contribution >= 4 is 35.3 Å². The van der Waals surface area contributed by atoms with Gasteiger partial charge in [-0.05, 0) is 37.3 Å². The molecule has 12 heteroatoms. The average molecular weight is 496 g/mol. The first-order valence-electron chi connectivity index (χ1n) is 9.80. The minimum absolute atomic E-state index is 0.158. The number of amides is 3. The van der Waals surface area contributed by atoms with Crippen molar-refractivity contribution in [2.75, 3.05) is 13.1 Å². The first-order valence-corrected chi connectivity index (χ1v) is 11.1. The molecule has 1 aliphatic heterocycles.